The summed E-state index contributed by atoms with van der Waals surface area (Å²) in [6, 6.07) is 4.04. The van der Waals surface area contributed by atoms with Gasteiger partial charge in [-0.05, 0) is 32.4 Å². The van der Waals surface area contributed by atoms with Crippen molar-refractivity contribution in [3.63, 3.8) is 0 Å². The molecule has 0 aliphatic carbocycles. The van der Waals surface area contributed by atoms with Gasteiger partial charge in [0, 0.05) is 37.1 Å². The summed E-state index contributed by atoms with van der Waals surface area (Å²) in [5.74, 6) is 2.52. The minimum absolute atomic E-state index is 0.645. The van der Waals surface area contributed by atoms with Gasteiger partial charge in [0.1, 0.15) is 16.6 Å². The SMILES string of the molecule is CN=C(NCc1ccc(-n2ccnc2C)nc1)NCc1nc(C)c(C)s1. The van der Waals surface area contributed by atoms with Crippen LogP contribution < -0.4 is 10.6 Å². The van der Waals surface area contributed by atoms with Crippen LogP contribution in [0.1, 0.15) is 27.0 Å². The third kappa shape index (κ3) is 4.26. The molecule has 0 radical (unpaired) electrons. The number of aliphatic imine (C=N–C) groups is 1. The smallest absolute Gasteiger partial charge is 0.191 e. The van der Waals surface area contributed by atoms with Crippen molar-refractivity contribution in [1.82, 2.24) is 30.2 Å². The number of pyridine rings is 1. The summed E-state index contributed by atoms with van der Waals surface area (Å²) in [4.78, 5) is 18.8. The van der Waals surface area contributed by atoms with E-state index in [2.05, 4.69) is 43.6 Å². The molecule has 3 aromatic heterocycles. The normalized spacial score (nSPS) is 11.6. The van der Waals surface area contributed by atoms with E-state index in [1.165, 1.54) is 4.88 Å². The number of nitrogens with one attached hydrogen (secondary N) is 2. The molecule has 7 nitrogen and oxygen atoms in total. The standard InChI is InChI=1S/C18H23N7S/c1-12-13(2)26-17(24-12)11-23-18(19-4)22-10-15-5-6-16(21-9-15)25-8-7-20-14(25)3/h5-9H,10-11H2,1-4H3,(H2,19,22,23). The maximum atomic E-state index is 4.53. The van der Waals surface area contributed by atoms with Crippen molar-refractivity contribution in [2.24, 2.45) is 4.99 Å². The van der Waals surface area contributed by atoms with Crippen LogP contribution in [0, 0.1) is 20.8 Å². The zero-order chi connectivity index (χ0) is 18.5. The predicted molar refractivity (Wildman–Crippen MR) is 105 cm³/mol. The fourth-order valence-corrected chi connectivity index (χ4v) is 3.34. The molecule has 0 saturated carbocycles. The van der Waals surface area contributed by atoms with Gasteiger partial charge >= 0.3 is 0 Å². The fraction of sp³-hybridized carbons (Fsp3) is 0.333. The van der Waals surface area contributed by atoms with Crippen LogP contribution in [0.3, 0.4) is 0 Å². The van der Waals surface area contributed by atoms with Crippen LogP contribution in [-0.2, 0) is 13.1 Å². The molecule has 0 atom stereocenters. The highest BCUT2D eigenvalue weighted by atomic mass is 32.1. The lowest BCUT2D eigenvalue weighted by atomic mass is 10.3. The molecule has 8 heteroatoms. The fourth-order valence-electron chi connectivity index (χ4n) is 2.46. The number of imidazole rings is 1. The summed E-state index contributed by atoms with van der Waals surface area (Å²) in [5, 5.41) is 7.65. The van der Waals surface area contributed by atoms with Gasteiger partial charge in [0.25, 0.3) is 0 Å². The molecule has 0 fully saturated rings. The van der Waals surface area contributed by atoms with E-state index in [0.29, 0.717) is 13.1 Å². The molecule has 0 aromatic carbocycles. The topological polar surface area (TPSA) is 80.0 Å². The number of aromatic nitrogens is 4. The Morgan fingerprint density at radius 1 is 1.15 bits per heavy atom. The Labute approximate surface area is 157 Å². The number of aryl methyl sites for hydroxylation is 3. The van der Waals surface area contributed by atoms with Crippen LogP contribution in [0.15, 0.2) is 35.7 Å². The molecular weight excluding hydrogens is 346 g/mol. The van der Waals surface area contributed by atoms with Gasteiger partial charge in [-0.15, -0.1) is 11.3 Å². The molecule has 0 saturated heterocycles. The zero-order valence-electron chi connectivity index (χ0n) is 15.4. The lowest BCUT2D eigenvalue weighted by Gasteiger charge is -2.11. The van der Waals surface area contributed by atoms with Crippen molar-refractivity contribution in [3.05, 3.63) is 57.7 Å². The Morgan fingerprint density at radius 2 is 1.96 bits per heavy atom. The van der Waals surface area contributed by atoms with E-state index in [-0.39, 0.29) is 0 Å². The number of hydrogen-bond donors (Lipinski definition) is 2. The first kappa shape index (κ1) is 18.1. The third-order valence-electron chi connectivity index (χ3n) is 4.05. The Hall–Kier alpha value is -2.74. The molecular formula is C18H23N7S. The first-order valence-corrected chi connectivity index (χ1v) is 9.21. The van der Waals surface area contributed by atoms with Gasteiger partial charge in [-0.2, -0.15) is 0 Å². The molecule has 0 aliphatic heterocycles. The summed E-state index contributed by atoms with van der Waals surface area (Å²) < 4.78 is 1.95. The largest absolute Gasteiger partial charge is 0.352 e. The highest BCUT2D eigenvalue weighted by Crippen LogP contribution is 2.15. The minimum atomic E-state index is 0.645. The van der Waals surface area contributed by atoms with Gasteiger partial charge in [0.15, 0.2) is 5.96 Å². The van der Waals surface area contributed by atoms with Crippen LogP contribution in [-0.4, -0.2) is 32.5 Å². The van der Waals surface area contributed by atoms with Gasteiger partial charge in [-0.3, -0.25) is 9.56 Å². The highest BCUT2D eigenvalue weighted by Gasteiger charge is 2.06. The quantitative estimate of drug-likeness (QED) is 0.534. The molecule has 3 aromatic rings. The van der Waals surface area contributed by atoms with Crippen molar-refractivity contribution in [2.75, 3.05) is 7.05 Å². The van der Waals surface area contributed by atoms with Crippen LogP contribution in [0.4, 0.5) is 0 Å². The number of rotatable bonds is 5. The van der Waals surface area contributed by atoms with Crippen LogP contribution >= 0.6 is 11.3 Å². The molecule has 0 aliphatic rings. The molecule has 3 rings (SSSR count). The van der Waals surface area contributed by atoms with E-state index in [0.717, 1.165) is 33.9 Å². The second-order valence-corrected chi connectivity index (χ2v) is 7.19. The predicted octanol–water partition coefficient (Wildman–Crippen LogP) is 2.51. The first-order valence-electron chi connectivity index (χ1n) is 8.39. The van der Waals surface area contributed by atoms with Crippen molar-refractivity contribution >= 4 is 17.3 Å². The van der Waals surface area contributed by atoms with Crippen LogP contribution in [0.2, 0.25) is 0 Å². The van der Waals surface area contributed by atoms with E-state index in [1.54, 1.807) is 24.6 Å². The van der Waals surface area contributed by atoms with Crippen LogP contribution in [0.5, 0.6) is 0 Å². The van der Waals surface area contributed by atoms with E-state index >= 15 is 0 Å². The number of nitrogens with zero attached hydrogens (tertiary/aromatic N) is 5. The van der Waals surface area contributed by atoms with Crippen molar-refractivity contribution in [3.8, 4) is 5.82 Å². The second-order valence-electron chi connectivity index (χ2n) is 5.90. The lowest BCUT2D eigenvalue weighted by molar-refractivity contribution is 0.800. The van der Waals surface area contributed by atoms with Crippen molar-refractivity contribution in [2.45, 2.75) is 33.9 Å². The molecule has 2 N–H and O–H groups in total. The van der Waals surface area contributed by atoms with Gasteiger partial charge in [0.05, 0.1) is 12.2 Å². The van der Waals surface area contributed by atoms with Gasteiger partial charge in [0.2, 0.25) is 0 Å². The minimum Gasteiger partial charge on any atom is -0.352 e. The Bertz CT molecular complexity index is 873. The maximum Gasteiger partial charge on any atom is 0.191 e. The monoisotopic (exact) mass is 369 g/mol. The van der Waals surface area contributed by atoms with Crippen molar-refractivity contribution in [1.29, 1.82) is 0 Å². The lowest BCUT2D eigenvalue weighted by Crippen LogP contribution is -2.36. The first-order chi connectivity index (χ1) is 12.6. The van der Waals surface area contributed by atoms with E-state index in [9.17, 15) is 0 Å². The maximum absolute atomic E-state index is 4.53. The average Bonchev–Trinajstić information content (AvgIpc) is 3.21. The second kappa shape index (κ2) is 8.09. The average molecular weight is 369 g/mol. The number of guanidine groups is 1. The molecule has 0 amide bonds. The van der Waals surface area contributed by atoms with Crippen molar-refractivity contribution < 1.29 is 0 Å². The molecule has 0 bridgehead atoms. The van der Waals surface area contributed by atoms with E-state index in [4.69, 9.17) is 0 Å². The van der Waals surface area contributed by atoms with E-state index in [1.807, 2.05) is 36.9 Å². The molecule has 26 heavy (non-hydrogen) atoms. The van der Waals surface area contributed by atoms with Gasteiger partial charge in [-0.25, -0.2) is 15.0 Å². The Morgan fingerprint density at radius 3 is 2.54 bits per heavy atom. The summed E-state index contributed by atoms with van der Waals surface area (Å²) in [7, 11) is 1.76. The summed E-state index contributed by atoms with van der Waals surface area (Å²) in [6.45, 7) is 7.38. The molecule has 0 spiro atoms. The number of thiazole rings is 1. The summed E-state index contributed by atoms with van der Waals surface area (Å²) in [5.41, 5.74) is 2.17. The number of hydrogen-bond acceptors (Lipinski definition) is 5. The van der Waals surface area contributed by atoms with Crippen LogP contribution in [0.25, 0.3) is 5.82 Å². The highest BCUT2D eigenvalue weighted by molar-refractivity contribution is 7.11. The Balaban J connectivity index is 1.54. The third-order valence-corrected chi connectivity index (χ3v) is 5.12. The Kier molecular flexibility index (Phi) is 5.62. The van der Waals surface area contributed by atoms with E-state index < -0.39 is 0 Å². The van der Waals surface area contributed by atoms with Gasteiger partial charge in [-0.1, -0.05) is 6.07 Å². The molecule has 136 valence electrons. The molecule has 3 heterocycles. The summed E-state index contributed by atoms with van der Waals surface area (Å²) >= 11 is 1.71. The zero-order valence-corrected chi connectivity index (χ0v) is 16.3. The molecule has 0 unspecified atom stereocenters. The summed E-state index contributed by atoms with van der Waals surface area (Å²) in [6.07, 6.45) is 5.54. The van der Waals surface area contributed by atoms with Gasteiger partial charge < -0.3 is 10.6 Å².